The first kappa shape index (κ1) is 17.6. The van der Waals surface area contributed by atoms with Gasteiger partial charge in [0.1, 0.15) is 5.56 Å². The zero-order valence-electron chi connectivity index (χ0n) is 15.7. The number of hydrogen-bond donors (Lipinski definition) is 2. The Morgan fingerprint density at radius 2 is 2.07 bits per heavy atom. The Hall–Kier alpha value is -2.44. The number of aromatic carboxylic acids is 1. The highest BCUT2D eigenvalue weighted by Crippen LogP contribution is 2.43. The van der Waals surface area contributed by atoms with Crippen LogP contribution < -0.4 is 11.2 Å². The van der Waals surface area contributed by atoms with Gasteiger partial charge in [0.15, 0.2) is 0 Å². The van der Waals surface area contributed by atoms with Crippen molar-refractivity contribution in [1.82, 2.24) is 4.57 Å². The van der Waals surface area contributed by atoms with Crippen LogP contribution in [0.15, 0.2) is 29.2 Å². The van der Waals surface area contributed by atoms with E-state index in [0.29, 0.717) is 5.39 Å². The first-order chi connectivity index (χ1) is 13.5. The maximum Gasteiger partial charge on any atom is 0.341 e. The summed E-state index contributed by atoms with van der Waals surface area (Å²) in [5.74, 6) is -1.16. The van der Waals surface area contributed by atoms with E-state index in [0.717, 1.165) is 48.7 Å². The van der Waals surface area contributed by atoms with Crippen molar-refractivity contribution in [3.63, 3.8) is 0 Å². The number of rotatable bonds is 3. The summed E-state index contributed by atoms with van der Waals surface area (Å²) in [4.78, 5) is 26.9. The van der Waals surface area contributed by atoms with Crippen LogP contribution in [0, 0.1) is 6.92 Å². The summed E-state index contributed by atoms with van der Waals surface area (Å²) >= 11 is 1.80. The van der Waals surface area contributed by atoms with Crippen molar-refractivity contribution in [3.8, 4) is 10.4 Å². The van der Waals surface area contributed by atoms with Crippen molar-refractivity contribution >= 4 is 28.2 Å². The number of pyridine rings is 1. The molecule has 5 rings (SSSR count). The molecule has 6 heteroatoms. The molecule has 3 aromatic rings. The topological polar surface area (TPSA) is 85.3 Å². The van der Waals surface area contributed by atoms with Crippen LogP contribution >= 0.6 is 11.3 Å². The number of aromatic nitrogens is 1. The molecule has 0 radical (unpaired) electrons. The van der Waals surface area contributed by atoms with E-state index in [4.69, 9.17) is 5.73 Å². The number of carboxylic acids is 1. The summed E-state index contributed by atoms with van der Waals surface area (Å²) in [7, 11) is 0. The van der Waals surface area contributed by atoms with Crippen LogP contribution in [0.25, 0.3) is 21.3 Å². The largest absolute Gasteiger partial charge is 0.477 e. The predicted octanol–water partition coefficient (Wildman–Crippen LogP) is 4.41. The molecule has 1 unspecified atom stereocenters. The van der Waals surface area contributed by atoms with E-state index in [1.807, 2.05) is 17.6 Å². The lowest BCUT2D eigenvalue weighted by Crippen LogP contribution is -2.19. The second-order valence-corrected chi connectivity index (χ2v) is 9.07. The highest BCUT2D eigenvalue weighted by molar-refractivity contribution is 7.15. The molecule has 1 fully saturated rings. The third kappa shape index (κ3) is 2.63. The third-order valence-corrected chi connectivity index (χ3v) is 7.29. The van der Waals surface area contributed by atoms with Crippen molar-refractivity contribution in [3.05, 3.63) is 56.2 Å². The zero-order chi connectivity index (χ0) is 19.6. The molecule has 1 atom stereocenters. The minimum absolute atomic E-state index is 0.109. The van der Waals surface area contributed by atoms with Crippen LogP contribution in [0.4, 0.5) is 0 Å². The maximum absolute atomic E-state index is 12.8. The Morgan fingerprint density at radius 3 is 2.75 bits per heavy atom. The number of nitrogens with two attached hydrogens (primary N) is 1. The van der Waals surface area contributed by atoms with E-state index in [1.54, 1.807) is 17.4 Å². The molecule has 2 aromatic heterocycles. The van der Waals surface area contributed by atoms with E-state index in [-0.39, 0.29) is 17.6 Å². The van der Waals surface area contributed by atoms with Crippen molar-refractivity contribution in [2.45, 2.75) is 51.1 Å². The van der Waals surface area contributed by atoms with Gasteiger partial charge < -0.3 is 15.4 Å². The summed E-state index contributed by atoms with van der Waals surface area (Å²) in [5.41, 5.74) is 10.0. The highest BCUT2D eigenvalue weighted by atomic mass is 32.1. The number of aryl methyl sites for hydroxylation is 2. The molecule has 0 bridgehead atoms. The smallest absolute Gasteiger partial charge is 0.341 e. The molecule has 0 spiro atoms. The van der Waals surface area contributed by atoms with Gasteiger partial charge in [0.05, 0.1) is 5.52 Å². The Labute approximate surface area is 166 Å². The fourth-order valence-electron chi connectivity index (χ4n) is 4.41. The molecule has 0 amide bonds. The van der Waals surface area contributed by atoms with Crippen molar-refractivity contribution in [1.29, 1.82) is 0 Å². The lowest BCUT2D eigenvalue weighted by Gasteiger charge is -2.17. The predicted molar refractivity (Wildman–Crippen MR) is 111 cm³/mol. The number of carboxylic acid groups (broad SMARTS) is 1. The van der Waals surface area contributed by atoms with Crippen LogP contribution in [0.5, 0.6) is 0 Å². The zero-order valence-corrected chi connectivity index (χ0v) is 16.5. The number of benzene rings is 1. The van der Waals surface area contributed by atoms with Gasteiger partial charge in [-0.15, -0.1) is 11.3 Å². The van der Waals surface area contributed by atoms with E-state index in [9.17, 15) is 14.7 Å². The number of nitrogens with zero attached hydrogens (tertiary/aromatic N) is 1. The van der Waals surface area contributed by atoms with Crippen LogP contribution in [0.2, 0.25) is 0 Å². The van der Waals surface area contributed by atoms with Crippen LogP contribution in [0.1, 0.15) is 64.1 Å². The summed E-state index contributed by atoms with van der Waals surface area (Å²) in [6.07, 6.45) is 6.81. The number of carbonyl (C=O) groups is 1. The SMILES string of the molecule is Cc1c(-c2cc3c(s2)CCCC3N)ccc2c(=O)c(C(=O)O)cn(C3CC3)c12. The van der Waals surface area contributed by atoms with Gasteiger partial charge in [-0.1, -0.05) is 6.07 Å². The van der Waals surface area contributed by atoms with Crippen LogP contribution in [-0.4, -0.2) is 15.6 Å². The number of fused-ring (bicyclic) bond motifs is 2. The normalized spacial score (nSPS) is 19.0. The molecule has 5 nitrogen and oxygen atoms in total. The minimum Gasteiger partial charge on any atom is -0.477 e. The van der Waals surface area contributed by atoms with E-state index >= 15 is 0 Å². The summed E-state index contributed by atoms with van der Waals surface area (Å²) in [5, 5.41) is 9.94. The highest BCUT2D eigenvalue weighted by Gasteiger charge is 2.28. The van der Waals surface area contributed by atoms with E-state index in [2.05, 4.69) is 6.07 Å². The lowest BCUT2D eigenvalue weighted by molar-refractivity contribution is 0.0695. The maximum atomic E-state index is 12.8. The lowest BCUT2D eigenvalue weighted by atomic mass is 9.93. The van der Waals surface area contributed by atoms with Crippen LogP contribution in [0.3, 0.4) is 0 Å². The summed E-state index contributed by atoms with van der Waals surface area (Å²) in [6, 6.07) is 6.36. The van der Waals surface area contributed by atoms with Gasteiger partial charge in [0.2, 0.25) is 5.43 Å². The summed E-state index contributed by atoms with van der Waals surface area (Å²) in [6.45, 7) is 2.04. The summed E-state index contributed by atoms with van der Waals surface area (Å²) < 4.78 is 2.01. The Bertz CT molecular complexity index is 1190. The first-order valence-corrected chi connectivity index (χ1v) is 10.6. The monoisotopic (exact) mass is 394 g/mol. The third-order valence-electron chi connectivity index (χ3n) is 6.04. The van der Waals surface area contributed by atoms with Gasteiger partial charge >= 0.3 is 5.97 Å². The quantitative estimate of drug-likeness (QED) is 0.689. The second kappa shape index (κ2) is 6.29. The fourth-order valence-corrected chi connectivity index (χ4v) is 5.76. The standard InChI is InChI=1S/C22H22N2O3S/c1-11-13(19-9-15-17(23)3-2-4-18(15)28-19)7-8-14-20(11)24(12-5-6-12)10-16(21(14)25)22(26)27/h7-10,12,17H,2-6,23H2,1H3,(H,26,27). The molecule has 2 aliphatic rings. The van der Waals surface area contributed by atoms with Gasteiger partial charge in [0, 0.05) is 33.4 Å². The Kier molecular flexibility index (Phi) is 3.96. The molecule has 0 aliphatic heterocycles. The Morgan fingerprint density at radius 1 is 1.29 bits per heavy atom. The molecule has 1 saturated carbocycles. The molecule has 2 aliphatic carbocycles. The van der Waals surface area contributed by atoms with E-state index < -0.39 is 11.4 Å². The number of hydrogen-bond acceptors (Lipinski definition) is 4. The minimum atomic E-state index is -1.16. The molecular formula is C22H22N2O3S. The average Bonchev–Trinajstić information content (AvgIpc) is 3.41. The van der Waals surface area contributed by atoms with Crippen molar-refractivity contribution in [2.75, 3.05) is 0 Å². The van der Waals surface area contributed by atoms with Crippen LogP contribution in [-0.2, 0) is 6.42 Å². The van der Waals surface area contributed by atoms with Gasteiger partial charge in [0.25, 0.3) is 0 Å². The molecule has 0 saturated heterocycles. The van der Waals surface area contributed by atoms with Crippen molar-refractivity contribution < 1.29 is 9.90 Å². The van der Waals surface area contributed by atoms with Gasteiger partial charge in [-0.05, 0) is 67.9 Å². The van der Waals surface area contributed by atoms with Gasteiger partial charge in [-0.3, -0.25) is 4.79 Å². The first-order valence-electron chi connectivity index (χ1n) is 9.76. The van der Waals surface area contributed by atoms with Crippen molar-refractivity contribution in [2.24, 2.45) is 5.73 Å². The molecule has 144 valence electrons. The van der Waals surface area contributed by atoms with Gasteiger partial charge in [-0.25, -0.2) is 4.79 Å². The fraction of sp³-hybridized carbons (Fsp3) is 0.364. The molecule has 2 heterocycles. The molecule has 1 aromatic carbocycles. The molecular weight excluding hydrogens is 372 g/mol. The average molecular weight is 394 g/mol. The van der Waals surface area contributed by atoms with E-state index in [1.165, 1.54) is 21.5 Å². The molecule has 3 N–H and O–H groups in total. The van der Waals surface area contributed by atoms with Gasteiger partial charge in [-0.2, -0.15) is 0 Å². The Balaban J connectivity index is 1.76. The molecule has 28 heavy (non-hydrogen) atoms. The number of thiophene rings is 1. The second-order valence-electron chi connectivity index (χ2n) is 7.94.